The molecule has 0 aliphatic carbocycles. The zero-order chi connectivity index (χ0) is 14.7. The van der Waals surface area contributed by atoms with Gasteiger partial charge in [0.2, 0.25) is 0 Å². The van der Waals surface area contributed by atoms with Gasteiger partial charge < -0.3 is 11.1 Å². The van der Waals surface area contributed by atoms with E-state index in [9.17, 15) is 9.18 Å². The second kappa shape index (κ2) is 5.67. The van der Waals surface area contributed by atoms with Crippen molar-refractivity contribution in [3.05, 3.63) is 51.9 Å². The molecular formula is C13H8BrFN4O. The predicted octanol–water partition coefficient (Wildman–Crippen LogP) is 2.69. The first-order valence-electron chi connectivity index (χ1n) is 5.44. The summed E-state index contributed by atoms with van der Waals surface area (Å²) >= 11 is 3.22. The van der Waals surface area contributed by atoms with Crippen LogP contribution in [-0.2, 0) is 0 Å². The average Bonchev–Trinajstić information content (AvgIpc) is 2.43. The van der Waals surface area contributed by atoms with Gasteiger partial charge in [0.1, 0.15) is 6.07 Å². The summed E-state index contributed by atoms with van der Waals surface area (Å²) < 4.78 is 14.4. The normalized spacial score (nSPS) is 9.85. The third kappa shape index (κ3) is 2.75. The van der Waals surface area contributed by atoms with Crippen molar-refractivity contribution in [1.82, 2.24) is 4.98 Å². The highest BCUT2D eigenvalue weighted by atomic mass is 79.9. The molecule has 0 radical (unpaired) electrons. The molecule has 1 heterocycles. The van der Waals surface area contributed by atoms with Gasteiger partial charge in [-0.05, 0) is 24.3 Å². The van der Waals surface area contributed by atoms with Crippen LogP contribution in [0.15, 0.2) is 34.9 Å². The molecule has 1 aromatic carbocycles. The molecule has 0 fully saturated rings. The number of nitrogens with two attached hydrogens (primary N) is 1. The minimum Gasteiger partial charge on any atom is -0.381 e. The molecule has 1 aromatic heterocycles. The Kier molecular flexibility index (Phi) is 3.96. The van der Waals surface area contributed by atoms with Gasteiger partial charge in [0.05, 0.1) is 16.8 Å². The van der Waals surface area contributed by atoms with Gasteiger partial charge in [0, 0.05) is 10.7 Å². The number of hydrogen-bond donors (Lipinski definition) is 2. The van der Waals surface area contributed by atoms with E-state index in [2.05, 4.69) is 26.2 Å². The van der Waals surface area contributed by atoms with Crippen LogP contribution in [0.3, 0.4) is 0 Å². The zero-order valence-electron chi connectivity index (χ0n) is 10.0. The van der Waals surface area contributed by atoms with Gasteiger partial charge in [-0.15, -0.1) is 0 Å². The highest BCUT2D eigenvalue weighted by molar-refractivity contribution is 9.10. The molecule has 0 unspecified atom stereocenters. The maximum Gasteiger partial charge on any atom is 0.258 e. The second-order valence-corrected chi connectivity index (χ2v) is 4.73. The van der Waals surface area contributed by atoms with Gasteiger partial charge in [-0.2, -0.15) is 5.26 Å². The van der Waals surface area contributed by atoms with E-state index in [4.69, 9.17) is 11.0 Å². The molecule has 3 N–H and O–H groups in total. The molecule has 5 nitrogen and oxygen atoms in total. The van der Waals surface area contributed by atoms with E-state index in [1.165, 1.54) is 12.3 Å². The van der Waals surface area contributed by atoms with Crippen LogP contribution in [-0.4, -0.2) is 10.9 Å². The molecule has 0 atom stereocenters. The minimum absolute atomic E-state index is 0.232. The number of aromatic nitrogens is 1. The number of carbonyl (C=O) groups is 1. The fourth-order valence-electron chi connectivity index (χ4n) is 1.54. The average molecular weight is 335 g/mol. The summed E-state index contributed by atoms with van der Waals surface area (Å²) in [5.41, 5.74) is 5.62. The Hall–Kier alpha value is -2.46. The summed E-state index contributed by atoms with van der Waals surface area (Å²) in [5.74, 6) is -1.94. The van der Waals surface area contributed by atoms with Crippen LogP contribution in [0.25, 0.3) is 0 Å². The van der Waals surface area contributed by atoms with Crippen LogP contribution in [0.5, 0.6) is 0 Å². The van der Waals surface area contributed by atoms with Gasteiger partial charge in [-0.3, -0.25) is 4.79 Å². The topological polar surface area (TPSA) is 91.8 Å². The largest absolute Gasteiger partial charge is 0.381 e. The number of carbonyl (C=O) groups excluding carboxylic acids is 1. The van der Waals surface area contributed by atoms with Crippen LogP contribution < -0.4 is 11.1 Å². The van der Waals surface area contributed by atoms with E-state index in [0.29, 0.717) is 4.47 Å². The number of nitrogens with zero attached hydrogens (tertiary/aromatic N) is 2. The lowest BCUT2D eigenvalue weighted by molar-refractivity contribution is 0.102. The van der Waals surface area contributed by atoms with Crippen LogP contribution in [0.4, 0.5) is 15.9 Å². The molecule has 2 rings (SSSR count). The molecule has 2 aromatic rings. The van der Waals surface area contributed by atoms with Crippen molar-refractivity contribution in [3.8, 4) is 6.07 Å². The van der Waals surface area contributed by atoms with Crippen molar-refractivity contribution in [2.75, 3.05) is 11.1 Å². The van der Waals surface area contributed by atoms with Gasteiger partial charge in [0.15, 0.2) is 11.6 Å². The number of halogens is 2. The van der Waals surface area contributed by atoms with Gasteiger partial charge >= 0.3 is 0 Å². The van der Waals surface area contributed by atoms with E-state index >= 15 is 0 Å². The Morgan fingerprint density at radius 2 is 2.20 bits per heavy atom. The molecule has 0 aliphatic heterocycles. The zero-order valence-corrected chi connectivity index (χ0v) is 11.6. The first-order chi connectivity index (χ1) is 9.52. The Labute approximate surface area is 122 Å². The number of nitriles is 1. The number of anilines is 2. The fraction of sp³-hybridized carbons (Fsp3) is 0. The van der Waals surface area contributed by atoms with Crippen LogP contribution in [0.2, 0.25) is 0 Å². The molecule has 0 saturated heterocycles. The lowest BCUT2D eigenvalue weighted by Crippen LogP contribution is -2.16. The number of benzene rings is 1. The van der Waals surface area contributed by atoms with Gasteiger partial charge in [0.25, 0.3) is 5.91 Å². The number of nitrogens with one attached hydrogen (secondary N) is 1. The van der Waals surface area contributed by atoms with E-state index < -0.39 is 11.7 Å². The SMILES string of the molecule is N#Cc1cc(Br)ccc1NC(=O)c1ccnc(N)c1F. The quantitative estimate of drug-likeness (QED) is 0.883. The number of amides is 1. The van der Waals surface area contributed by atoms with E-state index in [1.807, 2.05) is 6.07 Å². The predicted molar refractivity (Wildman–Crippen MR) is 75.4 cm³/mol. The minimum atomic E-state index is -0.888. The maximum absolute atomic E-state index is 13.7. The molecule has 0 spiro atoms. The number of hydrogen-bond acceptors (Lipinski definition) is 4. The summed E-state index contributed by atoms with van der Waals surface area (Å²) in [6, 6.07) is 7.91. The molecule has 1 amide bonds. The standard InChI is InChI=1S/C13H8BrFN4O/c14-8-1-2-10(7(5-8)6-16)19-13(20)9-3-4-18-12(17)11(9)15/h1-5H,(H2,17,18)(H,19,20). The molecule has 0 bridgehead atoms. The third-order valence-corrected chi connectivity index (χ3v) is 3.00. The first-order valence-corrected chi connectivity index (χ1v) is 6.23. The molecule has 7 heteroatoms. The first kappa shape index (κ1) is 14.0. The van der Waals surface area contributed by atoms with Crippen molar-refractivity contribution in [1.29, 1.82) is 5.26 Å². The van der Waals surface area contributed by atoms with Crippen molar-refractivity contribution < 1.29 is 9.18 Å². The lowest BCUT2D eigenvalue weighted by atomic mass is 10.1. The number of nitrogen functional groups attached to an aromatic ring is 1. The van der Waals surface area contributed by atoms with Gasteiger partial charge in [-0.25, -0.2) is 9.37 Å². The maximum atomic E-state index is 13.7. The van der Waals surface area contributed by atoms with Crippen LogP contribution in [0, 0.1) is 17.1 Å². The molecule has 20 heavy (non-hydrogen) atoms. The summed E-state index contributed by atoms with van der Waals surface area (Å²) in [5, 5.41) is 11.5. The monoisotopic (exact) mass is 334 g/mol. The fourth-order valence-corrected chi connectivity index (χ4v) is 1.90. The van der Waals surface area contributed by atoms with E-state index in [-0.39, 0.29) is 22.6 Å². The Morgan fingerprint density at radius 1 is 1.45 bits per heavy atom. The Balaban J connectivity index is 2.33. The Morgan fingerprint density at radius 3 is 2.90 bits per heavy atom. The number of pyridine rings is 1. The van der Waals surface area contributed by atoms with Crippen LogP contribution >= 0.6 is 15.9 Å². The highest BCUT2D eigenvalue weighted by Crippen LogP contribution is 2.21. The summed E-state index contributed by atoms with van der Waals surface area (Å²) in [7, 11) is 0. The highest BCUT2D eigenvalue weighted by Gasteiger charge is 2.16. The summed E-state index contributed by atoms with van der Waals surface area (Å²) in [4.78, 5) is 15.5. The van der Waals surface area contributed by atoms with Crippen molar-refractivity contribution >= 4 is 33.3 Å². The molecule has 0 saturated carbocycles. The molecular weight excluding hydrogens is 327 g/mol. The van der Waals surface area contributed by atoms with Crippen molar-refractivity contribution in [2.24, 2.45) is 0 Å². The molecule has 100 valence electrons. The Bertz CT molecular complexity index is 727. The smallest absolute Gasteiger partial charge is 0.258 e. The third-order valence-electron chi connectivity index (χ3n) is 2.51. The lowest BCUT2D eigenvalue weighted by Gasteiger charge is -2.08. The van der Waals surface area contributed by atoms with Crippen LogP contribution in [0.1, 0.15) is 15.9 Å². The van der Waals surface area contributed by atoms with Crippen molar-refractivity contribution in [2.45, 2.75) is 0 Å². The number of rotatable bonds is 2. The van der Waals surface area contributed by atoms with E-state index in [1.54, 1.807) is 18.2 Å². The molecule has 0 aliphatic rings. The second-order valence-electron chi connectivity index (χ2n) is 3.81. The van der Waals surface area contributed by atoms with Gasteiger partial charge in [-0.1, -0.05) is 15.9 Å². The van der Waals surface area contributed by atoms with Crippen molar-refractivity contribution in [3.63, 3.8) is 0 Å². The van der Waals surface area contributed by atoms with E-state index in [0.717, 1.165) is 0 Å². The summed E-state index contributed by atoms with van der Waals surface area (Å²) in [6.07, 6.45) is 1.24. The summed E-state index contributed by atoms with van der Waals surface area (Å²) in [6.45, 7) is 0.